The molecule has 1 heterocycles. The maximum atomic E-state index is 13.1. The van der Waals surface area contributed by atoms with E-state index in [2.05, 4.69) is 34.1 Å². The Labute approximate surface area is 195 Å². The van der Waals surface area contributed by atoms with Gasteiger partial charge in [0.15, 0.2) is 0 Å². The second-order valence-corrected chi connectivity index (χ2v) is 8.04. The molecule has 0 bridgehead atoms. The summed E-state index contributed by atoms with van der Waals surface area (Å²) in [4.78, 5) is 4.67. The smallest absolute Gasteiger partial charge is 0.123 e. The SMILES string of the molecule is Cl.OC(COc1ccccc1)CN1CCN(c2ccc(Cc3ccc(F)cc3)cc2)CC1. The van der Waals surface area contributed by atoms with Crippen molar-refractivity contribution in [2.45, 2.75) is 12.5 Å². The Morgan fingerprint density at radius 1 is 0.812 bits per heavy atom. The summed E-state index contributed by atoms with van der Waals surface area (Å²) >= 11 is 0. The van der Waals surface area contributed by atoms with Gasteiger partial charge in [0, 0.05) is 38.4 Å². The number of hydrogen-bond donors (Lipinski definition) is 1. The zero-order chi connectivity index (χ0) is 21.5. The number of hydrogen-bond acceptors (Lipinski definition) is 4. The first kappa shape index (κ1) is 24.1. The van der Waals surface area contributed by atoms with Crippen molar-refractivity contribution in [3.8, 4) is 5.75 Å². The van der Waals surface area contributed by atoms with Crippen molar-refractivity contribution in [3.63, 3.8) is 0 Å². The number of nitrogens with zero attached hydrogens (tertiary/aromatic N) is 2. The van der Waals surface area contributed by atoms with Crippen molar-refractivity contribution in [1.29, 1.82) is 0 Å². The number of para-hydroxylation sites is 1. The van der Waals surface area contributed by atoms with Crippen LogP contribution in [0.4, 0.5) is 10.1 Å². The Bertz CT molecular complexity index is 930. The first-order valence-electron chi connectivity index (χ1n) is 10.8. The van der Waals surface area contributed by atoms with E-state index in [4.69, 9.17) is 4.74 Å². The van der Waals surface area contributed by atoms with Gasteiger partial charge in [-0.3, -0.25) is 4.90 Å². The molecule has 0 radical (unpaired) electrons. The van der Waals surface area contributed by atoms with Gasteiger partial charge in [0.25, 0.3) is 0 Å². The van der Waals surface area contributed by atoms with Crippen molar-refractivity contribution in [2.75, 3.05) is 44.2 Å². The minimum absolute atomic E-state index is 0. The van der Waals surface area contributed by atoms with Gasteiger partial charge in [-0.05, 0) is 53.9 Å². The molecule has 170 valence electrons. The van der Waals surface area contributed by atoms with Crippen LogP contribution in [-0.2, 0) is 6.42 Å². The van der Waals surface area contributed by atoms with Crippen LogP contribution in [0.5, 0.6) is 5.75 Å². The van der Waals surface area contributed by atoms with E-state index in [-0.39, 0.29) is 18.2 Å². The van der Waals surface area contributed by atoms with Crippen LogP contribution in [0.15, 0.2) is 78.9 Å². The molecule has 4 nitrogen and oxygen atoms in total. The number of piperazine rings is 1. The highest BCUT2D eigenvalue weighted by Gasteiger charge is 2.19. The zero-order valence-electron chi connectivity index (χ0n) is 18.1. The zero-order valence-corrected chi connectivity index (χ0v) is 18.9. The Kier molecular flexibility index (Phi) is 8.91. The predicted molar refractivity (Wildman–Crippen MR) is 129 cm³/mol. The number of aliphatic hydroxyl groups is 1. The molecule has 3 aromatic carbocycles. The minimum Gasteiger partial charge on any atom is -0.491 e. The second kappa shape index (κ2) is 11.9. The molecule has 1 unspecified atom stereocenters. The third kappa shape index (κ3) is 6.95. The quantitative estimate of drug-likeness (QED) is 0.545. The summed E-state index contributed by atoms with van der Waals surface area (Å²) < 4.78 is 18.7. The average Bonchev–Trinajstić information content (AvgIpc) is 2.81. The van der Waals surface area contributed by atoms with Gasteiger partial charge >= 0.3 is 0 Å². The number of anilines is 1. The molecule has 1 aliphatic rings. The number of aliphatic hydroxyl groups excluding tert-OH is 1. The fourth-order valence-electron chi connectivity index (χ4n) is 3.91. The van der Waals surface area contributed by atoms with Gasteiger partial charge in [0.1, 0.15) is 24.3 Å². The van der Waals surface area contributed by atoms with Crippen LogP contribution in [-0.4, -0.2) is 55.4 Å². The first-order chi connectivity index (χ1) is 15.2. The number of ether oxygens (including phenoxy) is 1. The van der Waals surface area contributed by atoms with Crippen LogP contribution in [0.1, 0.15) is 11.1 Å². The lowest BCUT2D eigenvalue weighted by atomic mass is 10.0. The average molecular weight is 457 g/mol. The van der Waals surface area contributed by atoms with Crippen molar-refractivity contribution < 1.29 is 14.2 Å². The summed E-state index contributed by atoms with van der Waals surface area (Å²) in [7, 11) is 0. The highest BCUT2D eigenvalue weighted by molar-refractivity contribution is 5.85. The molecule has 0 amide bonds. The lowest BCUT2D eigenvalue weighted by molar-refractivity contribution is 0.0663. The van der Waals surface area contributed by atoms with Crippen LogP contribution in [0, 0.1) is 5.82 Å². The van der Waals surface area contributed by atoms with E-state index in [1.807, 2.05) is 42.5 Å². The van der Waals surface area contributed by atoms with E-state index in [9.17, 15) is 9.50 Å². The van der Waals surface area contributed by atoms with Gasteiger partial charge in [-0.2, -0.15) is 0 Å². The Hall–Kier alpha value is -2.60. The van der Waals surface area contributed by atoms with Gasteiger partial charge in [-0.15, -0.1) is 12.4 Å². The maximum Gasteiger partial charge on any atom is 0.123 e. The van der Waals surface area contributed by atoms with Crippen LogP contribution < -0.4 is 9.64 Å². The van der Waals surface area contributed by atoms with Gasteiger partial charge < -0.3 is 14.7 Å². The maximum absolute atomic E-state index is 13.1. The molecular weight excluding hydrogens is 427 g/mol. The Balaban J connectivity index is 0.00000289. The van der Waals surface area contributed by atoms with Gasteiger partial charge in [0.2, 0.25) is 0 Å². The predicted octanol–water partition coefficient (Wildman–Crippen LogP) is 4.40. The van der Waals surface area contributed by atoms with E-state index in [1.165, 1.54) is 23.4 Å². The molecule has 0 aromatic heterocycles. The second-order valence-electron chi connectivity index (χ2n) is 8.04. The monoisotopic (exact) mass is 456 g/mol. The molecule has 4 rings (SSSR count). The summed E-state index contributed by atoms with van der Waals surface area (Å²) in [5, 5.41) is 10.3. The number of rotatable bonds is 8. The lowest BCUT2D eigenvalue weighted by Crippen LogP contribution is -2.49. The van der Waals surface area contributed by atoms with Gasteiger partial charge in [0.05, 0.1) is 0 Å². The first-order valence-corrected chi connectivity index (χ1v) is 10.8. The number of halogens is 2. The summed E-state index contributed by atoms with van der Waals surface area (Å²) in [6.45, 7) is 4.63. The van der Waals surface area contributed by atoms with Gasteiger partial charge in [-0.25, -0.2) is 4.39 Å². The van der Waals surface area contributed by atoms with Crippen LogP contribution in [0.3, 0.4) is 0 Å². The van der Waals surface area contributed by atoms with E-state index >= 15 is 0 Å². The standard InChI is InChI=1S/C26H29FN2O2.ClH/c27-23-10-6-21(7-11-23)18-22-8-12-24(13-9-22)29-16-14-28(15-17-29)19-25(30)20-31-26-4-2-1-3-5-26;/h1-13,25,30H,14-20H2;1H. The molecule has 1 fully saturated rings. The van der Waals surface area contributed by atoms with E-state index in [1.54, 1.807) is 0 Å². The van der Waals surface area contributed by atoms with E-state index < -0.39 is 6.10 Å². The molecule has 1 saturated heterocycles. The summed E-state index contributed by atoms with van der Waals surface area (Å²) in [5.74, 6) is 0.587. The van der Waals surface area contributed by atoms with Crippen LogP contribution in [0.25, 0.3) is 0 Å². The highest BCUT2D eigenvalue weighted by atomic mass is 35.5. The molecule has 0 aliphatic carbocycles. The minimum atomic E-state index is -0.502. The van der Waals surface area contributed by atoms with E-state index in [0.29, 0.717) is 13.2 Å². The molecule has 0 saturated carbocycles. The summed E-state index contributed by atoms with van der Waals surface area (Å²) in [6, 6.07) is 24.9. The normalized spacial score (nSPS) is 15.1. The molecule has 1 atom stereocenters. The largest absolute Gasteiger partial charge is 0.491 e. The van der Waals surface area contributed by atoms with Gasteiger partial charge in [-0.1, -0.05) is 42.5 Å². The molecule has 1 N–H and O–H groups in total. The Morgan fingerprint density at radius 3 is 2.03 bits per heavy atom. The summed E-state index contributed by atoms with van der Waals surface area (Å²) in [5.41, 5.74) is 3.54. The topological polar surface area (TPSA) is 35.9 Å². The Morgan fingerprint density at radius 2 is 1.41 bits per heavy atom. The highest BCUT2D eigenvalue weighted by Crippen LogP contribution is 2.19. The fraction of sp³-hybridized carbons (Fsp3) is 0.308. The van der Waals surface area contributed by atoms with E-state index in [0.717, 1.165) is 43.9 Å². The molecule has 32 heavy (non-hydrogen) atoms. The van der Waals surface area contributed by atoms with Crippen molar-refractivity contribution >= 4 is 18.1 Å². The number of benzene rings is 3. The lowest BCUT2D eigenvalue weighted by Gasteiger charge is -2.37. The molecule has 6 heteroatoms. The molecular formula is C26H30ClFN2O2. The molecule has 3 aromatic rings. The van der Waals surface area contributed by atoms with Crippen LogP contribution >= 0.6 is 12.4 Å². The number of β-amino-alcohol motifs (C(OH)–C–C–N with tert-alkyl or cyclic N) is 1. The van der Waals surface area contributed by atoms with Crippen molar-refractivity contribution in [1.82, 2.24) is 4.90 Å². The van der Waals surface area contributed by atoms with Crippen molar-refractivity contribution in [3.05, 3.63) is 95.8 Å². The fourth-order valence-corrected chi connectivity index (χ4v) is 3.91. The third-order valence-corrected chi connectivity index (χ3v) is 5.65. The molecule has 0 spiro atoms. The third-order valence-electron chi connectivity index (χ3n) is 5.65. The van der Waals surface area contributed by atoms with Crippen molar-refractivity contribution in [2.24, 2.45) is 0 Å². The molecule has 1 aliphatic heterocycles. The van der Waals surface area contributed by atoms with Crippen LogP contribution in [0.2, 0.25) is 0 Å². The summed E-state index contributed by atoms with van der Waals surface area (Å²) in [6.07, 6.45) is 0.301.